The summed E-state index contributed by atoms with van der Waals surface area (Å²) < 4.78 is 24.2. The van der Waals surface area contributed by atoms with Crippen LogP contribution in [-0.4, -0.2) is 60.4 Å². The average molecular weight is 451 g/mol. The van der Waals surface area contributed by atoms with E-state index < -0.39 is 35.8 Å². The number of alkyl carbamates (subject to hydrolysis) is 1. The SMILES string of the molecule is CCCCOC(=O)c1ccc([C@H](C)[C@H](NC(=O)OC(C)(C)C)C(=O)N2CC[C@H](F)C2)cc1. The summed E-state index contributed by atoms with van der Waals surface area (Å²) in [5, 5.41) is 2.67. The summed E-state index contributed by atoms with van der Waals surface area (Å²) in [5.41, 5.74) is 0.443. The summed E-state index contributed by atoms with van der Waals surface area (Å²) in [7, 11) is 0. The molecule has 1 heterocycles. The van der Waals surface area contributed by atoms with E-state index in [9.17, 15) is 18.8 Å². The number of hydrogen-bond donors (Lipinski definition) is 1. The van der Waals surface area contributed by atoms with Gasteiger partial charge < -0.3 is 19.7 Å². The van der Waals surface area contributed by atoms with E-state index in [1.807, 2.05) is 6.92 Å². The molecule has 1 aromatic rings. The molecule has 2 amide bonds. The van der Waals surface area contributed by atoms with E-state index in [4.69, 9.17) is 9.47 Å². The summed E-state index contributed by atoms with van der Waals surface area (Å²) in [6, 6.07) is 5.82. The van der Waals surface area contributed by atoms with Crippen molar-refractivity contribution in [1.82, 2.24) is 10.2 Å². The molecule has 1 saturated heterocycles. The van der Waals surface area contributed by atoms with Gasteiger partial charge in [-0.05, 0) is 51.3 Å². The number of carbonyl (C=O) groups is 3. The Kier molecular flexibility index (Phi) is 9.04. The number of nitrogens with zero attached hydrogens (tertiary/aromatic N) is 1. The average Bonchev–Trinajstić information content (AvgIpc) is 3.16. The summed E-state index contributed by atoms with van der Waals surface area (Å²) in [4.78, 5) is 39.1. The van der Waals surface area contributed by atoms with Crippen molar-refractivity contribution in [2.45, 2.75) is 77.6 Å². The topological polar surface area (TPSA) is 84.9 Å². The second-order valence-corrected chi connectivity index (χ2v) is 9.19. The number of likely N-dealkylation sites (tertiary alicyclic amines) is 1. The third-order valence-corrected chi connectivity index (χ3v) is 5.28. The van der Waals surface area contributed by atoms with Gasteiger partial charge in [-0.1, -0.05) is 32.4 Å². The second kappa shape index (κ2) is 11.3. The lowest BCUT2D eigenvalue weighted by molar-refractivity contribution is -0.133. The minimum Gasteiger partial charge on any atom is -0.462 e. The minimum atomic E-state index is -1.06. The fraction of sp³-hybridized carbons (Fsp3) is 0.625. The number of nitrogens with one attached hydrogen (secondary N) is 1. The molecular weight excluding hydrogens is 415 g/mol. The first-order valence-electron chi connectivity index (χ1n) is 11.2. The van der Waals surface area contributed by atoms with Gasteiger partial charge in [-0.25, -0.2) is 14.0 Å². The normalized spacial score (nSPS) is 18.1. The fourth-order valence-corrected chi connectivity index (χ4v) is 3.46. The van der Waals surface area contributed by atoms with Gasteiger partial charge in [0.1, 0.15) is 17.8 Å². The lowest BCUT2D eigenvalue weighted by Gasteiger charge is -2.30. The quantitative estimate of drug-likeness (QED) is 0.474. The molecule has 8 heteroatoms. The molecule has 7 nitrogen and oxygen atoms in total. The van der Waals surface area contributed by atoms with E-state index in [0.29, 0.717) is 18.7 Å². The lowest BCUT2D eigenvalue weighted by atomic mass is 9.91. The maximum Gasteiger partial charge on any atom is 0.408 e. The first-order chi connectivity index (χ1) is 15.0. The summed E-state index contributed by atoms with van der Waals surface area (Å²) in [5.74, 6) is -1.19. The molecule has 1 aliphatic heterocycles. The Morgan fingerprint density at radius 1 is 1.22 bits per heavy atom. The highest BCUT2D eigenvalue weighted by Gasteiger charge is 2.36. The van der Waals surface area contributed by atoms with Crippen molar-refractivity contribution in [2.24, 2.45) is 0 Å². The zero-order valence-electron chi connectivity index (χ0n) is 19.7. The maximum atomic E-state index is 13.7. The molecule has 3 atom stereocenters. The number of halogens is 1. The standard InChI is InChI=1S/C24H35FN2O5/c1-6-7-14-31-22(29)18-10-8-17(9-11-18)16(2)20(26-23(30)32-24(3,4)5)21(28)27-13-12-19(25)15-27/h8-11,16,19-20H,6-7,12-15H2,1-5H3,(H,26,30)/t16-,19-,20-/m0/s1. The number of benzene rings is 1. The predicted octanol–water partition coefficient (Wildman–Crippen LogP) is 4.21. The minimum absolute atomic E-state index is 0.0145. The maximum absolute atomic E-state index is 13.7. The molecule has 0 spiro atoms. The highest BCUT2D eigenvalue weighted by molar-refractivity contribution is 5.89. The van der Waals surface area contributed by atoms with Crippen LogP contribution in [0.4, 0.5) is 9.18 Å². The van der Waals surface area contributed by atoms with Gasteiger partial charge in [0.25, 0.3) is 0 Å². The zero-order valence-corrected chi connectivity index (χ0v) is 19.7. The van der Waals surface area contributed by atoms with E-state index in [2.05, 4.69) is 5.32 Å². The van der Waals surface area contributed by atoms with Crippen molar-refractivity contribution in [3.63, 3.8) is 0 Å². The smallest absolute Gasteiger partial charge is 0.408 e. The Labute approximate surface area is 189 Å². The van der Waals surface area contributed by atoms with Gasteiger partial charge in [0.15, 0.2) is 0 Å². The number of esters is 1. The van der Waals surface area contributed by atoms with Crippen LogP contribution in [-0.2, 0) is 14.3 Å². The Morgan fingerprint density at radius 2 is 1.88 bits per heavy atom. The van der Waals surface area contributed by atoms with Gasteiger partial charge in [-0.3, -0.25) is 4.79 Å². The van der Waals surface area contributed by atoms with Crippen LogP contribution in [0.25, 0.3) is 0 Å². The molecule has 0 bridgehead atoms. The van der Waals surface area contributed by atoms with Gasteiger partial charge in [0.05, 0.1) is 18.7 Å². The van der Waals surface area contributed by atoms with E-state index in [-0.39, 0.29) is 18.9 Å². The van der Waals surface area contributed by atoms with E-state index in [1.54, 1.807) is 52.0 Å². The van der Waals surface area contributed by atoms with Crippen LogP contribution < -0.4 is 5.32 Å². The number of unbranched alkanes of at least 4 members (excludes halogenated alkanes) is 1. The van der Waals surface area contributed by atoms with Gasteiger partial charge in [-0.15, -0.1) is 0 Å². The van der Waals surface area contributed by atoms with Crippen LogP contribution >= 0.6 is 0 Å². The molecule has 0 aliphatic carbocycles. The summed E-state index contributed by atoms with van der Waals surface area (Å²) >= 11 is 0. The van der Waals surface area contributed by atoms with Gasteiger partial charge in [-0.2, -0.15) is 0 Å². The third-order valence-electron chi connectivity index (χ3n) is 5.28. The molecule has 1 N–H and O–H groups in total. The van der Waals surface area contributed by atoms with Crippen LogP contribution in [0.2, 0.25) is 0 Å². The monoisotopic (exact) mass is 450 g/mol. The molecule has 1 aliphatic rings. The van der Waals surface area contributed by atoms with Crippen molar-refractivity contribution >= 4 is 18.0 Å². The molecule has 0 saturated carbocycles. The Morgan fingerprint density at radius 3 is 2.41 bits per heavy atom. The van der Waals surface area contributed by atoms with Crippen LogP contribution in [0.5, 0.6) is 0 Å². The summed E-state index contributed by atoms with van der Waals surface area (Å²) in [6.07, 6.45) is 0.249. The molecule has 1 aromatic carbocycles. The molecule has 178 valence electrons. The number of ether oxygens (including phenoxy) is 2. The van der Waals surface area contributed by atoms with Gasteiger partial charge >= 0.3 is 12.1 Å². The first kappa shape index (κ1) is 25.6. The molecule has 0 aromatic heterocycles. The van der Waals surface area contributed by atoms with Crippen molar-refractivity contribution < 1.29 is 28.2 Å². The largest absolute Gasteiger partial charge is 0.462 e. The summed E-state index contributed by atoms with van der Waals surface area (Å²) in [6.45, 7) is 9.72. The highest BCUT2D eigenvalue weighted by atomic mass is 19.1. The Hall–Kier alpha value is -2.64. The predicted molar refractivity (Wildman–Crippen MR) is 119 cm³/mol. The third kappa shape index (κ3) is 7.50. The Bertz CT molecular complexity index is 791. The molecule has 32 heavy (non-hydrogen) atoms. The van der Waals surface area contributed by atoms with E-state index >= 15 is 0 Å². The van der Waals surface area contributed by atoms with Crippen LogP contribution in [0.15, 0.2) is 24.3 Å². The van der Waals surface area contributed by atoms with E-state index in [1.165, 1.54) is 4.90 Å². The van der Waals surface area contributed by atoms with Crippen molar-refractivity contribution in [3.05, 3.63) is 35.4 Å². The number of carbonyl (C=O) groups excluding carboxylic acids is 3. The van der Waals surface area contributed by atoms with E-state index in [0.717, 1.165) is 18.4 Å². The van der Waals surface area contributed by atoms with Crippen LogP contribution in [0.1, 0.15) is 75.7 Å². The first-order valence-corrected chi connectivity index (χ1v) is 11.2. The number of rotatable bonds is 8. The number of amides is 2. The van der Waals surface area contributed by atoms with Crippen molar-refractivity contribution in [3.8, 4) is 0 Å². The lowest BCUT2D eigenvalue weighted by Crippen LogP contribution is -2.51. The molecule has 0 unspecified atom stereocenters. The van der Waals surface area contributed by atoms with Gasteiger partial charge in [0, 0.05) is 12.5 Å². The van der Waals surface area contributed by atoms with Crippen molar-refractivity contribution in [1.29, 1.82) is 0 Å². The van der Waals surface area contributed by atoms with Gasteiger partial charge in [0.2, 0.25) is 5.91 Å². The second-order valence-electron chi connectivity index (χ2n) is 9.19. The highest BCUT2D eigenvalue weighted by Crippen LogP contribution is 2.24. The van der Waals surface area contributed by atoms with Crippen LogP contribution in [0, 0.1) is 0 Å². The van der Waals surface area contributed by atoms with Crippen molar-refractivity contribution in [2.75, 3.05) is 19.7 Å². The molecule has 2 rings (SSSR count). The Balaban J connectivity index is 2.17. The molecule has 0 radical (unpaired) electrons. The molecule has 1 fully saturated rings. The zero-order chi connectivity index (χ0) is 23.9. The van der Waals surface area contributed by atoms with Crippen LogP contribution in [0.3, 0.4) is 0 Å². The number of alkyl halides is 1. The fourth-order valence-electron chi connectivity index (χ4n) is 3.46. The molecular formula is C24H35FN2O5. The number of hydrogen-bond acceptors (Lipinski definition) is 5.